The van der Waals surface area contributed by atoms with Crippen molar-refractivity contribution in [3.8, 4) is 5.75 Å². The van der Waals surface area contributed by atoms with Gasteiger partial charge in [-0.15, -0.1) is 0 Å². The van der Waals surface area contributed by atoms with Crippen LogP contribution >= 0.6 is 0 Å². The number of aromatic nitrogens is 1. The van der Waals surface area contributed by atoms with E-state index < -0.39 is 5.56 Å². The highest BCUT2D eigenvalue weighted by Gasteiger charge is 2.24. The topological polar surface area (TPSA) is 76.6 Å². The number of amides is 1. The van der Waals surface area contributed by atoms with Crippen molar-refractivity contribution in [2.45, 2.75) is 0 Å². The molecule has 1 saturated heterocycles. The lowest BCUT2D eigenvalue weighted by atomic mass is 10.2. The number of pyridine rings is 1. The van der Waals surface area contributed by atoms with Gasteiger partial charge in [-0.1, -0.05) is 0 Å². The zero-order chi connectivity index (χ0) is 16.4. The quantitative estimate of drug-likeness (QED) is 0.872. The lowest BCUT2D eigenvalue weighted by Gasteiger charge is -2.36. The van der Waals surface area contributed by atoms with Gasteiger partial charge in [0.1, 0.15) is 11.6 Å². The van der Waals surface area contributed by atoms with Crippen LogP contribution in [-0.4, -0.2) is 47.1 Å². The SMILES string of the molecule is O=C(c1c[nH]c(=O)cc1O)N1CCN(c2ccc(F)cc2)CC1. The van der Waals surface area contributed by atoms with Gasteiger partial charge in [-0.05, 0) is 24.3 Å². The molecule has 0 atom stereocenters. The van der Waals surface area contributed by atoms with E-state index in [1.165, 1.54) is 18.3 Å². The van der Waals surface area contributed by atoms with E-state index in [1.807, 2.05) is 0 Å². The zero-order valence-electron chi connectivity index (χ0n) is 12.3. The predicted octanol–water partition coefficient (Wildman–Crippen LogP) is 1.18. The van der Waals surface area contributed by atoms with Crippen LogP contribution in [-0.2, 0) is 0 Å². The Hall–Kier alpha value is -2.83. The summed E-state index contributed by atoms with van der Waals surface area (Å²) < 4.78 is 13.0. The first-order valence-electron chi connectivity index (χ1n) is 7.26. The first-order chi connectivity index (χ1) is 11.0. The fourth-order valence-corrected chi connectivity index (χ4v) is 2.62. The number of carbonyl (C=O) groups excluding carboxylic acids is 1. The van der Waals surface area contributed by atoms with Crippen LogP contribution in [0.3, 0.4) is 0 Å². The van der Waals surface area contributed by atoms with Gasteiger partial charge in [0.25, 0.3) is 11.5 Å². The number of hydrogen-bond acceptors (Lipinski definition) is 4. The number of carbonyl (C=O) groups is 1. The summed E-state index contributed by atoms with van der Waals surface area (Å²) in [5, 5.41) is 9.73. The number of piperazine rings is 1. The van der Waals surface area contributed by atoms with Gasteiger partial charge in [0, 0.05) is 44.1 Å². The van der Waals surface area contributed by atoms with Gasteiger partial charge in [-0.2, -0.15) is 0 Å². The molecule has 0 unspecified atom stereocenters. The third-order valence-electron chi connectivity index (χ3n) is 3.89. The molecule has 0 bridgehead atoms. The third kappa shape index (κ3) is 3.18. The Balaban J connectivity index is 1.67. The number of H-pyrrole nitrogens is 1. The van der Waals surface area contributed by atoms with E-state index in [0.717, 1.165) is 11.8 Å². The van der Waals surface area contributed by atoms with Crippen LogP contribution in [0.1, 0.15) is 10.4 Å². The maximum absolute atomic E-state index is 13.0. The lowest BCUT2D eigenvalue weighted by Crippen LogP contribution is -2.48. The minimum absolute atomic E-state index is 0.0832. The van der Waals surface area contributed by atoms with E-state index in [-0.39, 0.29) is 23.0 Å². The Morgan fingerprint density at radius 1 is 1.13 bits per heavy atom. The summed E-state index contributed by atoms with van der Waals surface area (Å²) >= 11 is 0. The number of anilines is 1. The average Bonchev–Trinajstić information content (AvgIpc) is 2.55. The van der Waals surface area contributed by atoms with Crippen molar-refractivity contribution >= 4 is 11.6 Å². The van der Waals surface area contributed by atoms with Gasteiger partial charge in [-0.3, -0.25) is 9.59 Å². The Kier molecular flexibility index (Phi) is 4.01. The molecule has 6 nitrogen and oxygen atoms in total. The predicted molar refractivity (Wildman–Crippen MR) is 83.2 cm³/mol. The van der Waals surface area contributed by atoms with Crippen LogP contribution < -0.4 is 10.5 Å². The van der Waals surface area contributed by atoms with Gasteiger partial charge in [0.15, 0.2) is 0 Å². The minimum atomic E-state index is -0.458. The van der Waals surface area contributed by atoms with Crippen LogP contribution in [0, 0.1) is 5.82 Å². The van der Waals surface area contributed by atoms with Crippen LogP contribution in [0.2, 0.25) is 0 Å². The van der Waals surface area contributed by atoms with E-state index in [1.54, 1.807) is 17.0 Å². The molecule has 1 aromatic carbocycles. The number of hydrogen-bond donors (Lipinski definition) is 2. The first kappa shape index (κ1) is 15.1. The normalized spacial score (nSPS) is 14.8. The zero-order valence-corrected chi connectivity index (χ0v) is 12.3. The van der Waals surface area contributed by atoms with Crippen molar-refractivity contribution in [3.05, 3.63) is 58.3 Å². The van der Waals surface area contributed by atoms with Crippen LogP contribution in [0.4, 0.5) is 10.1 Å². The highest BCUT2D eigenvalue weighted by Crippen LogP contribution is 2.20. The number of nitrogens with zero attached hydrogens (tertiary/aromatic N) is 2. The molecule has 120 valence electrons. The number of aromatic hydroxyl groups is 1. The smallest absolute Gasteiger partial charge is 0.259 e. The molecule has 7 heteroatoms. The molecule has 0 aliphatic carbocycles. The second-order valence-corrected chi connectivity index (χ2v) is 5.35. The summed E-state index contributed by atoms with van der Waals surface area (Å²) in [7, 11) is 0. The number of benzene rings is 1. The Labute approximate surface area is 131 Å². The molecule has 2 aromatic rings. The van der Waals surface area contributed by atoms with Crippen LogP contribution in [0.25, 0.3) is 0 Å². The summed E-state index contributed by atoms with van der Waals surface area (Å²) in [5.74, 6) is -0.923. The molecule has 1 aromatic heterocycles. The largest absolute Gasteiger partial charge is 0.507 e. The van der Waals surface area contributed by atoms with Crippen LogP contribution in [0.5, 0.6) is 5.75 Å². The number of halogens is 1. The molecule has 0 radical (unpaired) electrons. The molecule has 1 aliphatic rings. The molecule has 1 fully saturated rings. The lowest BCUT2D eigenvalue weighted by molar-refractivity contribution is 0.0743. The van der Waals surface area contributed by atoms with Crippen molar-refractivity contribution < 1.29 is 14.3 Å². The van der Waals surface area contributed by atoms with E-state index in [0.29, 0.717) is 26.2 Å². The van der Waals surface area contributed by atoms with E-state index in [4.69, 9.17) is 0 Å². The molecule has 23 heavy (non-hydrogen) atoms. The van der Waals surface area contributed by atoms with Crippen LogP contribution in [0.15, 0.2) is 41.3 Å². The van der Waals surface area contributed by atoms with Gasteiger partial charge < -0.3 is 19.9 Å². The van der Waals surface area contributed by atoms with Crippen molar-refractivity contribution in [1.82, 2.24) is 9.88 Å². The van der Waals surface area contributed by atoms with Gasteiger partial charge >= 0.3 is 0 Å². The average molecular weight is 317 g/mol. The summed E-state index contributed by atoms with van der Waals surface area (Å²) in [6.45, 7) is 2.19. The van der Waals surface area contributed by atoms with Gasteiger partial charge in [0.05, 0.1) is 5.56 Å². The second kappa shape index (κ2) is 6.12. The second-order valence-electron chi connectivity index (χ2n) is 5.35. The first-order valence-corrected chi connectivity index (χ1v) is 7.26. The summed E-state index contributed by atoms with van der Waals surface area (Å²) in [6.07, 6.45) is 1.23. The fourth-order valence-electron chi connectivity index (χ4n) is 2.62. The van der Waals surface area contributed by atoms with Gasteiger partial charge in [-0.25, -0.2) is 4.39 Å². The van der Waals surface area contributed by atoms with Crippen molar-refractivity contribution in [2.24, 2.45) is 0 Å². The van der Waals surface area contributed by atoms with Crippen molar-refractivity contribution in [2.75, 3.05) is 31.1 Å². The minimum Gasteiger partial charge on any atom is -0.507 e. The van der Waals surface area contributed by atoms with E-state index >= 15 is 0 Å². The molecular weight excluding hydrogens is 301 g/mol. The molecule has 3 rings (SSSR count). The maximum Gasteiger partial charge on any atom is 0.259 e. The molecular formula is C16H16FN3O3. The Morgan fingerprint density at radius 3 is 2.39 bits per heavy atom. The number of nitrogens with one attached hydrogen (secondary N) is 1. The molecule has 0 spiro atoms. The summed E-state index contributed by atoms with van der Waals surface area (Å²) in [4.78, 5) is 29.6. The Bertz CT molecular complexity index is 765. The van der Waals surface area contributed by atoms with Crippen molar-refractivity contribution in [1.29, 1.82) is 0 Å². The van der Waals surface area contributed by atoms with E-state index in [9.17, 15) is 19.1 Å². The molecule has 2 heterocycles. The summed E-state index contributed by atoms with van der Waals surface area (Å²) in [6, 6.07) is 7.22. The highest BCUT2D eigenvalue weighted by molar-refractivity contribution is 5.96. The Morgan fingerprint density at radius 2 is 1.78 bits per heavy atom. The molecule has 2 N–H and O–H groups in total. The fraction of sp³-hybridized carbons (Fsp3) is 0.250. The molecule has 1 amide bonds. The monoisotopic (exact) mass is 317 g/mol. The third-order valence-corrected chi connectivity index (χ3v) is 3.89. The summed E-state index contributed by atoms with van der Waals surface area (Å²) in [5.41, 5.74) is 0.533. The molecule has 0 saturated carbocycles. The highest BCUT2D eigenvalue weighted by atomic mass is 19.1. The van der Waals surface area contributed by atoms with Gasteiger partial charge in [0.2, 0.25) is 0 Å². The standard InChI is InChI=1S/C16H16FN3O3/c17-11-1-3-12(4-2-11)19-5-7-20(8-6-19)16(23)13-10-18-15(22)9-14(13)21/h1-4,9-10H,5-8H2,(H2,18,21,22). The number of rotatable bonds is 2. The van der Waals surface area contributed by atoms with Crippen molar-refractivity contribution in [3.63, 3.8) is 0 Å². The molecule has 1 aliphatic heterocycles. The maximum atomic E-state index is 13.0. The number of aromatic amines is 1. The van der Waals surface area contributed by atoms with E-state index in [2.05, 4.69) is 9.88 Å².